The van der Waals surface area contributed by atoms with Crippen LogP contribution in [-0.2, 0) is 4.74 Å². The van der Waals surface area contributed by atoms with E-state index in [1.807, 2.05) is 0 Å². The van der Waals surface area contributed by atoms with Crippen LogP contribution in [0.1, 0.15) is 28.9 Å². The number of piperidine rings is 1. The number of nitrogens with zero attached hydrogens (tertiary/aromatic N) is 1. The zero-order valence-electron chi connectivity index (χ0n) is 12.1. The van der Waals surface area contributed by atoms with Crippen molar-refractivity contribution < 1.29 is 22.7 Å². The lowest BCUT2D eigenvalue weighted by atomic mass is 10.1. The Morgan fingerprint density at radius 1 is 1.45 bits per heavy atom. The van der Waals surface area contributed by atoms with E-state index in [4.69, 9.17) is 4.74 Å². The van der Waals surface area contributed by atoms with E-state index < -0.39 is 30.4 Å². The van der Waals surface area contributed by atoms with Crippen molar-refractivity contribution in [2.45, 2.75) is 32.0 Å². The van der Waals surface area contributed by atoms with Crippen molar-refractivity contribution in [1.82, 2.24) is 9.88 Å². The smallest absolute Gasteiger partial charge is 0.367 e. The van der Waals surface area contributed by atoms with Crippen LogP contribution in [0.5, 0.6) is 0 Å². The molecule has 0 aliphatic carbocycles. The van der Waals surface area contributed by atoms with E-state index in [9.17, 15) is 22.8 Å². The van der Waals surface area contributed by atoms with Gasteiger partial charge in [0.15, 0.2) is 0 Å². The molecule has 0 saturated carbocycles. The molecular formula is C14H17F3N2O3. The van der Waals surface area contributed by atoms with Gasteiger partial charge in [-0.05, 0) is 31.9 Å². The monoisotopic (exact) mass is 318 g/mol. The highest BCUT2D eigenvalue weighted by Gasteiger charge is 2.32. The molecule has 122 valence electrons. The Morgan fingerprint density at radius 2 is 2.18 bits per heavy atom. The molecule has 1 N–H and O–H groups in total. The van der Waals surface area contributed by atoms with Gasteiger partial charge in [0.1, 0.15) is 12.2 Å². The van der Waals surface area contributed by atoms with Gasteiger partial charge in [-0.2, -0.15) is 13.2 Å². The standard InChI is InChI=1S/C14H17F3N2O3/c1-9-4-5-11(12(20)18-9)13(21)19-6-2-3-10(7-19)22-8-14(15,16)17/h4-5,10H,2-3,6-8H2,1H3,(H,18,20)/t10-/m0/s1. The van der Waals surface area contributed by atoms with E-state index in [1.165, 1.54) is 11.0 Å². The molecule has 1 aliphatic heterocycles. The number of aryl methyl sites for hydroxylation is 1. The molecule has 0 radical (unpaired) electrons. The van der Waals surface area contributed by atoms with Crippen LogP contribution in [0.2, 0.25) is 0 Å². The van der Waals surface area contributed by atoms with Crippen molar-refractivity contribution in [1.29, 1.82) is 0 Å². The fourth-order valence-corrected chi connectivity index (χ4v) is 2.38. The zero-order valence-corrected chi connectivity index (χ0v) is 12.1. The van der Waals surface area contributed by atoms with Crippen molar-refractivity contribution >= 4 is 5.91 Å². The average molecular weight is 318 g/mol. The van der Waals surface area contributed by atoms with Gasteiger partial charge < -0.3 is 14.6 Å². The molecule has 1 aliphatic rings. The Bertz CT molecular complexity index is 598. The first kappa shape index (κ1) is 16.5. The summed E-state index contributed by atoms with van der Waals surface area (Å²) in [7, 11) is 0. The summed E-state index contributed by atoms with van der Waals surface area (Å²) in [4.78, 5) is 28.0. The van der Waals surface area contributed by atoms with E-state index in [1.54, 1.807) is 13.0 Å². The zero-order chi connectivity index (χ0) is 16.3. The highest BCUT2D eigenvalue weighted by Crippen LogP contribution is 2.20. The molecular weight excluding hydrogens is 301 g/mol. The summed E-state index contributed by atoms with van der Waals surface area (Å²) in [6.07, 6.45) is -4.05. The van der Waals surface area contributed by atoms with Gasteiger partial charge in [-0.1, -0.05) is 0 Å². The second-order valence-electron chi connectivity index (χ2n) is 5.33. The summed E-state index contributed by atoms with van der Waals surface area (Å²) in [6, 6.07) is 3.03. The quantitative estimate of drug-likeness (QED) is 0.925. The van der Waals surface area contributed by atoms with E-state index >= 15 is 0 Å². The highest BCUT2D eigenvalue weighted by atomic mass is 19.4. The van der Waals surface area contributed by atoms with E-state index in [0.29, 0.717) is 25.1 Å². The average Bonchev–Trinajstić information content (AvgIpc) is 2.44. The van der Waals surface area contributed by atoms with Crippen LogP contribution in [0, 0.1) is 6.92 Å². The minimum absolute atomic E-state index is 0.0120. The Kier molecular flexibility index (Phi) is 4.90. The van der Waals surface area contributed by atoms with Crippen LogP contribution in [-0.4, -0.2) is 47.8 Å². The second kappa shape index (κ2) is 6.51. The molecule has 1 atom stereocenters. The van der Waals surface area contributed by atoms with Crippen molar-refractivity contribution in [3.05, 3.63) is 33.7 Å². The van der Waals surface area contributed by atoms with Crippen molar-refractivity contribution in [3.63, 3.8) is 0 Å². The largest absolute Gasteiger partial charge is 0.411 e. The third-order valence-electron chi connectivity index (χ3n) is 3.43. The minimum Gasteiger partial charge on any atom is -0.367 e. The first-order valence-electron chi connectivity index (χ1n) is 6.94. The summed E-state index contributed by atoms with van der Waals surface area (Å²) in [5.74, 6) is -0.485. The maximum absolute atomic E-state index is 12.3. The van der Waals surface area contributed by atoms with Crippen LogP contribution < -0.4 is 5.56 Å². The number of aromatic amines is 1. The van der Waals surface area contributed by atoms with Crippen LogP contribution >= 0.6 is 0 Å². The summed E-state index contributed by atoms with van der Waals surface area (Å²) >= 11 is 0. The number of ether oxygens (including phenoxy) is 1. The van der Waals surface area contributed by atoms with Gasteiger partial charge in [0.05, 0.1) is 6.10 Å². The van der Waals surface area contributed by atoms with E-state index in [-0.39, 0.29) is 12.1 Å². The number of carbonyl (C=O) groups excluding carboxylic acids is 1. The molecule has 5 nitrogen and oxygen atoms in total. The van der Waals surface area contributed by atoms with Gasteiger partial charge in [-0.25, -0.2) is 0 Å². The van der Waals surface area contributed by atoms with Crippen molar-refractivity contribution in [2.24, 2.45) is 0 Å². The first-order valence-corrected chi connectivity index (χ1v) is 6.94. The van der Waals surface area contributed by atoms with Gasteiger partial charge >= 0.3 is 6.18 Å². The molecule has 8 heteroatoms. The number of likely N-dealkylation sites (tertiary alicyclic amines) is 1. The number of halogens is 3. The normalized spacial score (nSPS) is 19.3. The van der Waals surface area contributed by atoms with Gasteiger partial charge in [0.2, 0.25) is 0 Å². The van der Waals surface area contributed by atoms with Gasteiger partial charge in [0, 0.05) is 18.8 Å². The fourth-order valence-electron chi connectivity index (χ4n) is 2.38. The van der Waals surface area contributed by atoms with Gasteiger partial charge in [0.25, 0.3) is 11.5 Å². The summed E-state index contributed by atoms with van der Waals surface area (Å²) < 4.78 is 41.3. The van der Waals surface area contributed by atoms with Crippen molar-refractivity contribution in [2.75, 3.05) is 19.7 Å². The summed E-state index contributed by atoms with van der Waals surface area (Å²) in [5.41, 5.74) is 0.122. The molecule has 0 unspecified atom stereocenters. The third-order valence-corrected chi connectivity index (χ3v) is 3.43. The van der Waals surface area contributed by atoms with Gasteiger partial charge in [-0.3, -0.25) is 9.59 Å². The molecule has 1 saturated heterocycles. The number of nitrogens with one attached hydrogen (secondary N) is 1. The number of carbonyl (C=O) groups is 1. The van der Waals surface area contributed by atoms with Crippen LogP contribution in [0.3, 0.4) is 0 Å². The number of rotatable bonds is 3. The van der Waals surface area contributed by atoms with E-state index in [2.05, 4.69) is 4.98 Å². The number of hydrogen-bond donors (Lipinski definition) is 1. The maximum atomic E-state index is 12.3. The molecule has 1 fully saturated rings. The third kappa shape index (κ3) is 4.33. The van der Waals surface area contributed by atoms with Crippen molar-refractivity contribution in [3.8, 4) is 0 Å². The number of H-pyrrole nitrogens is 1. The minimum atomic E-state index is -4.39. The molecule has 1 amide bonds. The first-order chi connectivity index (χ1) is 10.3. The fraction of sp³-hybridized carbons (Fsp3) is 0.571. The molecule has 1 aromatic heterocycles. The second-order valence-corrected chi connectivity index (χ2v) is 5.33. The molecule has 2 rings (SSSR count). The number of amides is 1. The highest BCUT2D eigenvalue weighted by molar-refractivity contribution is 5.93. The van der Waals surface area contributed by atoms with E-state index in [0.717, 1.165) is 0 Å². The molecule has 22 heavy (non-hydrogen) atoms. The number of pyridine rings is 1. The summed E-state index contributed by atoms with van der Waals surface area (Å²) in [6.45, 7) is 0.822. The summed E-state index contributed by atoms with van der Waals surface area (Å²) in [5, 5.41) is 0. The van der Waals surface area contributed by atoms with Crippen LogP contribution in [0.25, 0.3) is 0 Å². The topological polar surface area (TPSA) is 62.4 Å². The number of aromatic nitrogens is 1. The number of hydrogen-bond acceptors (Lipinski definition) is 3. The molecule has 2 heterocycles. The lowest BCUT2D eigenvalue weighted by molar-refractivity contribution is -0.188. The Hall–Kier alpha value is -1.83. The molecule has 1 aromatic rings. The lowest BCUT2D eigenvalue weighted by Crippen LogP contribution is -2.45. The van der Waals surface area contributed by atoms with Crippen LogP contribution in [0.4, 0.5) is 13.2 Å². The Balaban J connectivity index is 2.02. The predicted octanol–water partition coefficient (Wildman–Crippen LogP) is 1.87. The SMILES string of the molecule is Cc1ccc(C(=O)N2CCC[C@H](OCC(F)(F)F)C2)c(=O)[nH]1. The Morgan fingerprint density at radius 3 is 2.82 bits per heavy atom. The van der Waals surface area contributed by atoms with Gasteiger partial charge in [-0.15, -0.1) is 0 Å². The lowest BCUT2D eigenvalue weighted by Gasteiger charge is -2.32. The molecule has 0 bridgehead atoms. The van der Waals surface area contributed by atoms with Crippen LogP contribution in [0.15, 0.2) is 16.9 Å². The maximum Gasteiger partial charge on any atom is 0.411 e. The predicted molar refractivity (Wildman–Crippen MR) is 72.7 cm³/mol. The Labute approximate surface area is 125 Å². The molecule has 0 spiro atoms. The number of alkyl halides is 3. The molecule has 0 aromatic carbocycles.